The highest BCUT2D eigenvalue weighted by Gasteiger charge is 2.40. The summed E-state index contributed by atoms with van der Waals surface area (Å²) < 4.78 is 105. The predicted octanol–water partition coefficient (Wildman–Crippen LogP) is 4.09. The summed E-state index contributed by atoms with van der Waals surface area (Å²) in [5, 5.41) is 13.7. The second-order valence-corrected chi connectivity index (χ2v) is 11.7. The van der Waals surface area contributed by atoms with Gasteiger partial charge < -0.3 is 5.11 Å². The summed E-state index contributed by atoms with van der Waals surface area (Å²) >= 11 is 5.83. The number of carbonyl (C=O) groups excluding carboxylic acids is 1. The molecule has 218 valence electrons. The molecule has 0 aliphatic carbocycles. The molecular formula is C24H22ClF6N3O5S. The number of aliphatic hydroxyl groups excluding tert-OH is 1. The first kappa shape index (κ1) is 31.4. The summed E-state index contributed by atoms with van der Waals surface area (Å²) in [4.78, 5) is 25.9. The van der Waals surface area contributed by atoms with Crippen molar-refractivity contribution in [1.29, 1.82) is 0 Å². The molecule has 0 radical (unpaired) electrons. The largest absolute Gasteiger partial charge is 0.416 e. The maximum Gasteiger partial charge on any atom is 0.416 e. The molecule has 0 amide bonds. The highest BCUT2D eigenvalue weighted by atomic mass is 35.5. The Labute approximate surface area is 228 Å². The maximum atomic E-state index is 13.6. The lowest BCUT2D eigenvalue weighted by Gasteiger charge is -2.20. The topological polar surface area (TPSA) is 111 Å². The molecule has 3 rings (SSSR count). The minimum absolute atomic E-state index is 0.121. The zero-order valence-corrected chi connectivity index (χ0v) is 22.2. The molecule has 1 aromatic heterocycles. The third kappa shape index (κ3) is 7.95. The molecule has 0 aliphatic rings. The van der Waals surface area contributed by atoms with Gasteiger partial charge in [-0.15, -0.1) is 5.10 Å². The standard InChI is InChI=1S/C24H22ClF6N3O5S/c1-40(38,39)13-15(18-4-2-3-5-19(18)23(26,27)28)10-17(35)11-34-22(37)33(12-20(36)24(29,30)31)21(32-34)14-6-8-16(25)9-7-14/h2-9,15,20,36H,10-13H2,1H3/t15?,20-/m0/s1. The van der Waals surface area contributed by atoms with Gasteiger partial charge in [0.2, 0.25) is 0 Å². The quantitative estimate of drug-likeness (QED) is 0.345. The van der Waals surface area contributed by atoms with Gasteiger partial charge in [0.1, 0.15) is 16.4 Å². The number of nitrogens with zero attached hydrogens (tertiary/aromatic N) is 3. The number of alkyl halides is 6. The lowest BCUT2D eigenvalue weighted by molar-refractivity contribution is -0.207. The number of ketones is 1. The van der Waals surface area contributed by atoms with Gasteiger partial charge in [0.15, 0.2) is 17.7 Å². The maximum absolute atomic E-state index is 13.6. The highest BCUT2D eigenvalue weighted by Crippen LogP contribution is 2.37. The van der Waals surface area contributed by atoms with Crippen molar-refractivity contribution in [2.24, 2.45) is 0 Å². The van der Waals surface area contributed by atoms with E-state index in [1.165, 1.54) is 30.3 Å². The highest BCUT2D eigenvalue weighted by molar-refractivity contribution is 7.90. The fourth-order valence-electron chi connectivity index (χ4n) is 4.04. The molecule has 0 fully saturated rings. The molecule has 1 unspecified atom stereocenters. The normalized spacial score (nSPS) is 14.2. The van der Waals surface area contributed by atoms with Crippen molar-refractivity contribution in [3.05, 3.63) is 75.2 Å². The van der Waals surface area contributed by atoms with E-state index in [1.807, 2.05) is 0 Å². The van der Waals surface area contributed by atoms with E-state index in [0.717, 1.165) is 24.5 Å². The van der Waals surface area contributed by atoms with Gasteiger partial charge >= 0.3 is 18.0 Å². The third-order valence-electron chi connectivity index (χ3n) is 5.77. The van der Waals surface area contributed by atoms with Crippen LogP contribution in [0.15, 0.2) is 53.3 Å². The van der Waals surface area contributed by atoms with Gasteiger partial charge in [0.25, 0.3) is 0 Å². The lowest BCUT2D eigenvalue weighted by atomic mass is 9.91. The number of Topliss-reactive ketones (excluding diaryl/α,β-unsaturated/α-hetero) is 1. The van der Waals surface area contributed by atoms with E-state index in [9.17, 15) is 49.5 Å². The molecule has 2 atom stereocenters. The van der Waals surface area contributed by atoms with E-state index < -0.39 is 82.1 Å². The van der Waals surface area contributed by atoms with Crippen molar-refractivity contribution in [2.45, 2.75) is 43.9 Å². The van der Waals surface area contributed by atoms with Crippen LogP contribution in [0.2, 0.25) is 5.02 Å². The number of carbonyl (C=O) groups is 1. The Bertz CT molecular complexity index is 1530. The molecule has 0 bridgehead atoms. The number of hydrogen-bond donors (Lipinski definition) is 1. The molecule has 0 saturated heterocycles. The van der Waals surface area contributed by atoms with Gasteiger partial charge in [0.05, 0.1) is 17.9 Å². The van der Waals surface area contributed by atoms with Crippen molar-refractivity contribution in [2.75, 3.05) is 12.0 Å². The molecule has 40 heavy (non-hydrogen) atoms. The molecule has 1 N–H and O–H groups in total. The summed E-state index contributed by atoms with van der Waals surface area (Å²) in [6, 6.07) is 9.54. The first-order valence-electron chi connectivity index (χ1n) is 11.4. The minimum atomic E-state index is -5.08. The molecule has 1 heterocycles. The fourth-order valence-corrected chi connectivity index (χ4v) is 5.19. The number of aliphatic hydroxyl groups is 1. The van der Waals surface area contributed by atoms with Crippen molar-refractivity contribution in [3.8, 4) is 11.4 Å². The van der Waals surface area contributed by atoms with E-state index in [1.54, 1.807) is 0 Å². The first-order valence-corrected chi connectivity index (χ1v) is 13.8. The number of hydrogen-bond acceptors (Lipinski definition) is 6. The second kappa shape index (κ2) is 11.7. The van der Waals surface area contributed by atoms with E-state index in [-0.39, 0.29) is 16.4 Å². The fraction of sp³-hybridized carbons (Fsp3) is 0.375. The predicted molar refractivity (Wildman–Crippen MR) is 133 cm³/mol. The van der Waals surface area contributed by atoms with Gasteiger partial charge in [-0.3, -0.25) is 9.36 Å². The summed E-state index contributed by atoms with van der Waals surface area (Å²) in [6.07, 6.45) is -12.8. The Kier molecular flexibility index (Phi) is 9.21. The summed E-state index contributed by atoms with van der Waals surface area (Å²) in [5.41, 5.74) is -2.67. The van der Waals surface area contributed by atoms with Crippen LogP contribution < -0.4 is 5.69 Å². The van der Waals surface area contributed by atoms with Crippen LogP contribution in [0, 0.1) is 0 Å². The Morgan fingerprint density at radius 3 is 2.20 bits per heavy atom. The van der Waals surface area contributed by atoms with E-state index >= 15 is 0 Å². The Balaban J connectivity index is 1.99. The molecule has 8 nitrogen and oxygen atoms in total. The van der Waals surface area contributed by atoms with Crippen LogP contribution in [-0.2, 0) is 33.9 Å². The number of halogens is 7. The van der Waals surface area contributed by atoms with Crippen molar-refractivity contribution >= 4 is 27.2 Å². The lowest BCUT2D eigenvalue weighted by Crippen LogP contribution is -2.37. The van der Waals surface area contributed by atoms with Crippen LogP contribution in [0.1, 0.15) is 23.5 Å². The SMILES string of the molecule is CS(=O)(=O)CC(CC(=O)Cn1nc(-c2ccc(Cl)cc2)n(C[C@H](O)C(F)(F)F)c1=O)c1ccccc1C(F)(F)F. The van der Waals surface area contributed by atoms with Gasteiger partial charge in [-0.1, -0.05) is 29.8 Å². The van der Waals surface area contributed by atoms with E-state index in [0.29, 0.717) is 9.25 Å². The van der Waals surface area contributed by atoms with E-state index in [2.05, 4.69) is 5.10 Å². The van der Waals surface area contributed by atoms with Crippen LogP contribution in [0.4, 0.5) is 26.3 Å². The van der Waals surface area contributed by atoms with Crippen LogP contribution in [-0.4, -0.2) is 57.9 Å². The van der Waals surface area contributed by atoms with E-state index in [4.69, 9.17) is 11.6 Å². The first-order chi connectivity index (χ1) is 18.4. The Morgan fingerprint density at radius 2 is 1.65 bits per heavy atom. The van der Waals surface area contributed by atoms with Crippen molar-refractivity contribution in [1.82, 2.24) is 14.3 Å². The van der Waals surface area contributed by atoms with Gasteiger partial charge in [0, 0.05) is 29.2 Å². The Hall–Kier alpha value is -3.17. The number of sulfone groups is 1. The number of benzene rings is 2. The molecule has 0 aliphatic heterocycles. The van der Waals surface area contributed by atoms with Crippen LogP contribution in [0.3, 0.4) is 0 Å². The number of aromatic nitrogens is 3. The minimum Gasteiger partial charge on any atom is -0.382 e. The molecule has 16 heteroatoms. The van der Waals surface area contributed by atoms with Gasteiger partial charge in [-0.05, 0) is 35.9 Å². The van der Waals surface area contributed by atoms with Crippen molar-refractivity contribution < 1.29 is 44.7 Å². The molecule has 2 aromatic carbocycles. The van der Waals surface area contributed by atoms with Gasteiger partial charge in [-0.25, -0.2) is 17.9 Å². The average Bonchev–Trinajstić information content (AvgIpc) is 3.12. The molecule has 0 saturated carbocycles. The third-order valence-corrected chi connectivity index (χ3v) is 7.03. The summed E-state index contributed by atoms with van der Waals surface area (Å²) in [7, 11) is -3.88. The molecular weight excluding hydrogens is 592 g/mol. The second-order valence-electron chi connectivity index (χ2n) is 9.06. The monoisotopic (exact) mass is 613 g/mol. The van der Waals surface area contributed by atoms with Crippen LogP contribution in [0.5, 0.6) is 0 Å². The van der Waals surface area contributed by atoms with Gasteiger partial charge in [-0.2, -0.15) is 26.3 Å². The summed E-state index contributed by atoms with van der Waals surface area (Å²) in [5.74, 6) is -3.51. The zero-order chi connectivity index (χ0) is 30.0. The smallest absolute Gasteiger partial charge is 0.382 e. The molecule has 0 spiro atoms. The van der Waals surface area contributed by atoms with Crippen LogP contribution >= 0.6 is 11.6 Å². The Morgan fingerprint density at radius 1 is 1.05 bits per heavy atom. The number of rotatable bonds is 10. The van der Waals surface area contributed by atoms with Crippen LogP contribution in [0.25, 0.3) is 11.4 Å². The zero-order valence-electron chi connectivity index (χ0n) is 20.6. The summed E-state index contributed by atoms with van der Waals surface area (Å²) in [6.45, 7) is -2.15. The van der Waals surface area contributed by atoms with Crippen molar-refractivity contribution in [3.63, 3.8) is 0 Å². The average molecular weight is 614 g/mol. The molecule has 3 aromatic rings.